The summed E-state index contributed by atoms with van der Waals surface area (Å²) in [6, 6.07) is 43.6. The Kier molecular flexibility index (Phi) is 10.8. The van der Waals surface area contributed by atoms with E-state index in [0.717, 1.165) is 45.3 Å². The number of pyridine rings is 1. The van der Waals surface area contributed by atoms with Gasteiger partial charge in [0.15, 0.2) is 0 Å². The predicted molar refractivity (Wildman–Crippen MR) is 259 cm³/mol. The third-order valence-corrected chi connectivity index (χ3v) is 12.6. The zero-order valence-corrected chi connectivity index (χ0v) is 38.0. The van der Waals surface area contributed by atoms with Crippen molar-refractivity contribution in [3.8, 4) is 28.4 Å². The molecular weight excluding hydrogens is 802 g/mol. The maximum Gasteiger partial charge on any atom is 0.416 e. The van der Waals surface area contributed by atoms with Gasteiger partial charge in [0.25, 0.3) is 0 Å². The van der Waals surface area contributed by atoms with Crippen molar-refractivity contribution in [2.45, 2.75) is 91.7 Å². The number of ether oxygens (including phenoxy) is 1. The van der Waals surface area contributed by atoms with Crippen molar-refractivity contribution < 1.29 is 17.9 Å². The minimum Gasteiger partial charge on any atom is -0.457 e. The van der Waals surface area contributed by atoms with Crippen molar-refractivity contribution in [2.75, 3.05) is 16.5 Å². The second-order valence-electron chi connectivity index (χ2n) is 19.1. The van der Waals surface area contributed by atoms with Crippen LogP contribution in [-0.4, -0.2) is 16.2 Å². The Hall–Kier alpha value is -6.54. The van der Waals surface area contributed by atoms with Crippen LogP contribution in [0.1, 0.15) is 108 Å². The Morgan fingerprint density at radius 3 is 1.77 bits per heavy atom. The average molecular weight is 857 g/mol. The smallest absolute Gasteiger partial charge is 0.416 e. The van der Waals surface area contributed by atoms with E-state index in [2.05, 4.69) is 139 Å². The number of para-hydroxylation sites is 2. The second-order valence-corrected chi connectivity index (χ2v) is 19.1. The van der Waals surface area contributed by atoms with Gasteiger partial charge in [-0.25, -0.2) is 4.98 Å². The Morgan fingerprint density at radius 1 is 0.562 bits per heavy atom. The molecule has 8 heteroatoms. The first-order chi connectivity index (χ1) is 30.5. The molecule has 0 amide bonds. The van der Waals surface area contributed by atoms with Crippen LogP contribution in [0, 0.1) is 0 Å². The highest BCUT2D eigenvalue weighted by Gasteiger charge is 2.32. The fraction of sp³-hybridized carbons (Fsp3) is 0.268. The van der Waals surface area contributed by atoms with Crippen molar-refractivity contribution in [1.29, 1.82) is 0 Å². The molecule has 0 saturated heterocycles. The van der Waals surface area contributed by atoms with Crippen LogP contribution < -0.4 is 14.5 Å². The number of benzene rings is 6. The maximum atomic E-state index is 14.4. The number of fused-ring (bicyclic) bond motifs is 4. The molecule has 0 aliphatic carbocycles. The molecule has 64 heavy (non-hydrogen) atoms. The molecule has 9 rings (SSSR count). The lowest BCUT2D eigenvalue weighted by molar-refractivity contribution is -0.137. The summed E-state index contributed by atoms with van der Waals surface area (Å²) < 4.78 is 51.6. The van der Waals surface area contributed by atoms with Crippen molar-refractivity contribution in [2.24, 2.45) is 0 Å². The largest absolute Gasteiger partial charge is 0.457 e. The Morgan fingerprint density at radius 2 is 1.16 bits per heavy atom. The Labute approximate surface area is 374 Å². The van der Waals surface area contributed by atoms with Gasteiger partial charge in [-0.15, -0.1) is 0 Å². The number of hydrogen-bond acceptors (Lipinski definition) is 4. The molecule has 3 heterocycles. The quantitative estimate of drug-likeness (QED) is 0.145. The molecule has 5 nitrogen and oxygen atoms in total. The van der Waals surface area contributed by atoms with Crippen molar-refractivity contribution >= 4 is 44.6 Å². The van der Waals surface area contributed by atoms with Gasteiger partial charge in [-0.2, -0.15) is 13.2 Å². The van der Waals surface area contributed by atoms with Crippen LogP contribution in [-0.2, 0) is 11.6 Å². The normalized spacial score (nSPS) is 13.3. The van der Waals surface area contributed by atoms with Crippen LogP contribution in [0.4, 0.5) is 35.9 Å². The molecule has 1 aliphatic heterocycles. The van der Waals surface area contributed by atoms with Gasteiger partial charge in [0.2, 0.25) is 0 Å². The number of aromatic nitrogens is 2. The zero-order chi connectivity index (χ0) is 45.2. The average Bonchev–Trinajstić information content (AvgIpc) is 3.81. The maximum absolute atomic E-state index is 14.4. The minimum absolute atomic E-state index is 0.0136. The molecule has 0 fully saturated rings. The molecule has 2 aromatic heterocycles. The Bertz CT molecular complexity index is 3020. The number of anilines is 4. The molecule has 1 aliphatic rings. The molecular formula is C56H55F3N4O. The first-order valence-corrected chi connectivity index (χ1v) is 22.3. The monoisotopic (exact) mass is 856 g/mol. The standard InChI is InChI=1S/C56H55F3N4O/c1-34(2)38-26-47(35(3)4)54(48(27-38)36(5)6)37-24-25-60-53(28-37)63-51-30-40(56(57,58)59)20-22-45(51)46-23-21-44(32-52(46)63)64-43-17-13-16-42(31-43)62-33-61(49-18-10-11-19-50(49)62)41-15-12-14-39(29-41)55(7,8)9/h10-32,34-36H,33H2,1-9H3. The Balaban J connectivity index is 1.13. The summed E-state index contributed by atoms with van der Waals surface area (Å²) in [6.07, 6.45) is -2.75. The number of rotatable bonds is 9. The third-order valence-electron chi connectivity index (χ3n) is 12.6. The first kappa shape index (κ1) is 42.7. The summed E-state index contributed by atoms with van der Waals surface area (Å²) in [4.78, 5) is 9.48. The van der Waals surface area contributed by atoms with E-state index >= 15 is 0 Å². The van der Waals surface area contributed by atoms with Gasteiger partial charge in [0.05, 0.1) is 28.0 Å². The lowest BCUT2D eigenvalue weighted by Crippen LogP contribution is -2.24. The zero-order valence-electron chi connectivity index (χ0n) is 38.0. The summed E-state index contributed by atoms with van der Waals surface area (Å²) in [6.45, 7) is 20.6. The van der Waals surface area contributed by atoms with E-state index < -0.39 is 11.7 Å². The lowest BCUT2D eigenvalue weighted by Gasteiger charge is -2.25. The van der Waals surface area contributed by atoms with E-state index in [9.17, 15) is 13.2 Å². The van der Waals surface area contributed by atoms with E-state index in [0.29, 0.717) is 46.3 Å². The van der Waals surface area contributed by atoms with E-state index in [1.165, 1.54) is 28.3 Å². The fourth-order valence-electron chi connectivity index (χ4n) is 9.12. The number of halogens is 3. The summed E-state index contributed by atoms with van der Waals surface area (Å²) in [5.74, 6) is 2.56. The SMILES string of the molecule is CC(C)c1cc(C(C)C)c(-c2ccnc(-n3c4cc(Oc5cccc(N6CN(c7cccc(C(C)(C)C)c7)c7ccccc76)c5)ccc4c4ccc(C(F)(F)F)cc43)c2)c(C(C)C)c1. The van der Waals surface area contributed by atoms with Crippen LogP contribution in [0.25, 0.3) is 38.8 Å². The molecule has 6 aromatic carbocycles. The third kappa shape index (κ3) is 7.88. The molecule has 326 valence electrons. The summed E-state index contributed by atoms with van der Waals surface area (Å²) in [5, 5.41) is 1.49. The van der Waals surface area contributed by atoms with Crippen molar-refractivity contribution in [1.82, 2.24) is 9.55 Å². The van der Waals surface area contributed by atoms with Crippen molar-refractivity contribution in [3.63, 3.8) is 0 Å². The van der Waals surface area contributed by atoms with E-state index in [-0.39, 0.29) is 17.3 Å². The van der Waals surface area contributed by atoms with Gasteiger partial charge in [0.1, 0.15) is 24.0 Å². The minimum atomic E-state index is -4.52. The van der Waals surface area contributed by atoms with Gasteiger partial charge in [-0.05, 0) is 129 Å². The fourth-order valence-corrected chi connectivity index (χ4v) is 9.12. The molecule has 0 saturated carbocycles. The highest BCUT2D eigenvalue weighted by atomic mass is 19.4. The lowest BCUT2D eigenvalue weighted by atomic mass is 9.82. The van der Waals surface area contributed by atoms with Gasteiger partial charge in [0, 0.05) is 40.5 Å². The van der Waals surface area contributed by atoms with Crippen LogP contribution >= 0.6 is 0 Å². The molecule has 0 atom stereocenters. The van der Waals surface area contributed by atoms with E-state index in [1.54, 1.807) is 12.3 Å². The summed E-state index contributed by atoms with van der Waals surface area (Å²) in [7, 11) is 0. The molecule has 0 spiro atoms. The molecule has 0 bridgehead atoms. The van der Waals surface area contributed by atoms with Gasteiger partial charge in [-0.1, -0.05) is 111 Å². The first-order valence-electron chi connectivity index (χ1n) is 22.3. The molecule has 0 unspecified atom stereocenters. The summed E-state index contributed by atoms with van der Waals surface area (Å²) >= 11 is 0. The van der Waals surface area contributed by atoms with Crippen molar-refractivity contribution in [3.05, 3.63) is 167 Å². The van der Waals surface area contributed by atoms with Crippen LogP contribution in [0.5, 0.6) is 11.5 Å². The van der Waals surface area contributed by atoms with Crippen LogP contribution in [0.3, 0.4) is 0 Å². The number of hydrogen-bond donors (Lipinski definition) is 0. The van der Waals surface area contributed by atoms with Gasteiger partial charge >= 0.3 is 6.18 Å². The van der Waals surface area contributed by atoms with Crippen LogP contribution in [0.15, 0.2) is 140 Å². The predicted octanol–water partition coefficient (Wildman–Crippen LogP) is 16.6. The highest BCUT2D eigenvalue weighted by Crippen LogP contribution is 2.46. The summed E-state index contributed by atoms with van der Waals surface area (Å²) in [5.41, 5.74) is 11.9. The van der Waals surface area contributed by atoms with Gasteiger partial charge < -0.3 is 14.5 Å². The molecule has 0 N–H and O–H groups in total. The van der Waals surface area contributed by atoms with E-state index in [4.69, 9.17) is 9.72 Å². The number of nitrogens with zero attached hydrogens (tertiary/aromatic N) is 4. The van der Waals surface area contributed by atoms with E-state index in [1.807, 2.05) is 53.1 Å². The van der Waals surface area contributed by atoms with Gasteiger partial charge in [-0.3, -0.25) is 4.57 Å². The highest BCUT2D eigenvalue weighted by molar-refractivity contribution is 6.09. The second kappa shape index (κ2) is 16.2. The van der Waals surface area contributed by atoms with Crippen LogP contribution in [0.2, 0.25) is 0 Å². The topological polar surface area (TPSA) is 33.5 Å². The molecule has 0 radical (unpaired) electrons. The molecule has 8 aromatic rings. The number of alkyl halides is 3.